The van der Waals surface area contributed by atoms with Gasteiger partial charge in [0.05, 0.1) is 23.4 Å². The number of carbonyl (C=O) groups is 3. The minimum Gasteiger partial charge on any atom is -0.465 e. The predicted octanol–water partition coefficient (Wildman–Crippen LogP) is 5.77. The summed E-state index contributed by atoms with van der Waals surface area (Å²) in [5.41, 5.74) is 3.93. The first-order chi connectivity index (χ1) is 20.6. The number of fused-ring (bicyclic) bond motifs is 1. The van der Waals surface area contributed by atoms with Gasteiger partial charge < -0.3 is 20.1 Å². The number of amides is 3. The number of imidazole rings is 1. The number of anilines is 1. The van der Waals surface area contributed by atoms with E-state index in [1.165, 1.54) is 4.90 Å². The molecule has 2 aliphatic rings. The lowest BCUT2D eigenvalue weighted by Crippen LogP contribution is -2.42. The van der Waals surface area contributed by atoms with E-state index in [-0.39, 0.29) is 18.0 Å². The van der Waals surface area contributed by atoms with Crippen LogP contribution in [0.2, 0.25) is 0 Å². The molecule has 2 atom stereocenters. The van der Waals surface area contributed by atoms with Gasteiger partial charge in [-0.2, -0.15) is 5.10 Å². The van der Waals surface area contributed by atoms with Gasteiger partial charge in [0.2, 0.25) is 5.91 Å². The third-order valence-electron chi connectivity index (χ3n) is 7.93. The van der Waals surface area contributed by atoms with E-state index in [2.05, 4.69) is 25.5 Å². The second-order valence-electron chi connectivity index (χ2n) is 12.0. The minimum absolute atomic E-state index is 0.153. The van der Waals surface area contributed by atoms with Gasteiger partial charge in [-0.05, 0) is 75.3 Å². The molecule has 4 heterocycles. The fourth-order valence-electron chi connectivity index (χ4n) is 5.84. The number of carboxylic acid groups (broad SMARTS) is 1. The minimum atomic E-state index is -1.09. The summed E-state index contributed by atoms with van der Waals surface area (Å²) in [6.07, 6.45) is 3.22. The van der Waals surface area contributed by atoms with Crippen LogP contribution in [0.5, 0.6) is 0 Å². The van der Waals surface area contributed by atoms with Crippen molar-refractivity contribution in [3.63, 3.8) is 0 Å². The molecule has 3 amide bonds. The Hall–Kier alpha value is -4.87. The molecule has 6 rings (SSSR count). The molecule has 1 unspecified atom stereocenters. The van der Waals surface area contributed by atoms with Gasteiger partial charge in [0.25, 0.3) is 0 Å². The van der Waals surface area contributed by atoms with Crippen molar-refractivity contribution in [2.24, 2.45) is 0 Å². The van der Waals surface area contributed by atoms with Crippen molar-refractivity contribution in [3.8, 4) is 22.4 Å². The summed E-state index contributed by atoms with van der Waals surface area (Å²) in [5, 5.41) is 20.2. The number of ether oxygens (including phenoxy) is 1. The molecule has 0 spiro atoms. The first kappa shape index (κ1) is 28.3. The van der Waals surface area contributed by atoms with Crippen molar-refractivity contribution in [2.45, 2.75) is 64.1 Å². The number of aromatic nitrogens is 4. The number of benzene rings is 2. The first-order valence-electron chi connectivity index (χ1n) is 14.5. The summed E-state index contributed by atoms with van der Waals surface area (Å²) in [4.78, 5) is 48.0. The van der Waals surface area contributed by atoms with Gasteiger partial charge in [-0.15, -0.1) is 0 Å². The molecule has 0 saturated carbocycles. The van der Waals surface area contributed by atoms with Crippen LogP contribution in [0.1, 0.15) is 58.3 Å². The van der Waals surface area contributed by atoms with Crippen LogP contribution in [0.15, 0.2) is 48.7 Å². The highest BCUT2D eigenvalue weighted by atomic mass is 16.6. The lowest BCUT2D eigenvalue weighted by Gasteiger charge is -2.27. The summed E-state index contributed by atoms with van der Waals surface area (Å²) >= 11 is 0. The molecule has 43 heavy (non-hydrogen) atoms. The zero-order valence-corrected chi connectivity index (χ0v) is 24.4. The molecule has 0 aliphatic carbocycles. The van der Waals surface area contributed by atoms with Gasteiger partial charge in [0.1, 0.15) is 17.5 Å². The van der Waals surface area contributed by atoms with Crippen molar-refractivity contribution in [1.82, 2.24) is 30.0 Å². The smallest absolute Gasteiger partial charge is 0.410 e. The van der Waals surface area contributed by atoms with Crippen LogP contribution in [0.25, 0.3) is 33.3 Å². The zero-order chi connectivity index (χ0) is 30.3. The summed E-state index contributed by atoms with van der Waals surface area (Å²) < 4.78 is 5.60. The number of nitrogens with zero attached hydrogens (tertiary/aromatic N) is 4. The number of H-pyrrole nitrogens is 2. The number of rotatable bonds is 5. The fraction of sp³-hybridized carbons (Fsp3) is 0.387. The van der Waals surface area contributed by atoms with Crippen molar-refractivity contribution >= 4 is 34.8 Å². The molecule has 2 aliphatic heterocycles. The van der Waals surface area contributed by atoms with Crippen LogP contribution in [0.3, 0.4) is 0 Å². The van der Waals surface area contributed by atoms with E-state index in [1.807, 2.05) is 63.2 Å². The highest BCUT2D eigenvalue weighted by molar-refractivity contribution is 6.03. The molecule has 2 aromatic carbocycles. The maximum atomic E-state index is 12.9. The Balaban J connectivity index is 1.17. The van der Waals surface area contributed by atoms with E-state index in [4.69, 9.17) is 4.74 Å². The highest BCUT2D eigenvalue weighted by Crippen LogP contribution is 2.34. The van der Waals surface area contributed by atoms with E-state index < -0.39 is 17.7 Å². The Labute approximate surface area is 248 Å². The maximum absolute atomic E-state index is 12.9. The quantitative estimate of drug-likeness (QED) is 0.231. The molecule has 12 heteroatoms. The second kappa shape index (κ2) is 11.1. The summed E-state index contributed by atoms with van der Waals surface area (Å²) in [6.45, 7) is 6.57. The van der Waals surface area contributed by atoms with Gasteiger partial charge >= 0.3 is 12.2 Å². The largest absolute Gasteiger partial charge is 0.465 e. The van der Waals surface area contributed by atoms with Crippen molar-refractivity contribution in [2.75, 3.05) is 18.4 Å². The number of hydrogen-bond acceptors (Lipinski definition) is 6. The van der Waals surface area contributed by atoms with E-state index in [1.54, 1.807) is 11.1 Å². The number of nitrogens with one attached hydrogen (secondary N) is 3. The number of hydrogen-bond donors (Lipinski definition) is 4. The molecule has 2 aromatic heterocycles. The average molecular weight is 586 g/mol. The SMILES string of the molecule is CC(C)(C)OC(=O)N1CCC[C@H]1c1ncc(-c2ccc(-c3ccc4[nH]nc(NC(=O)C5CCCN5C(=O)O)c4c3)cc2)[nH]1. The topological polar surface area (TPSA) is 157 Å². The van der Waals surface area contributed by atoms with Gasteiger partial charge in [0, 0.05) is 18.5 Å². The lowest BCUT2D eigenvalue weighted by molar-refractivity contribution is -0.119. The predicted molar refractivity (Wildman–Crippen MR) is 160 cm³/mol. The molecule has 224 valence electrons. The zero-order valence-electron chi connectivity index (χ0n) is 24.4. The van der Waals surface area contributed by atoms with Crippen molar-refractivity contribution in [3.05, 3.63) is 54.5 Å². The van der Waals surface area contributed by atoms with Gasteiger partial charge in [-0.1, -0.05) is 30.3 Å². The molecule has 4 aromatic rings. The normalized spacial score (nSPS) is 18.8. The van der Waals surface area contributed by atoms with Crippen LogP contribution in [-0.2, 0) is 9.53 Å². The summed E-state index contributed by atoms with van der Waals surface area (Å²) in [7, 11) is 0. The van der Waals surface area contributed by atoms with E-state index in [0.717, 1.165) is 52.0 Å². The van der Waals surface area contributed by atoms with Crippen LogP contribution in [0.4, 0.5) is 15.4 Å². The second-order valence-corrected chi connectivity index (χ2v) is 12.0. The summed E-state index contributed by atoms with van der Waals surface area (Å²) in [5.74, 6) is 0.730. The monoisotopic (exact) mass is 585 g/mol. The average Bonchev–Trinajstić information content (AvgIpc) is 3.78. The van der Waals surface area contributed by atoms with Crippen molar-refractivity contribution < 1.29 is 24.2 Å². The lowest BCUT2D eigenvalue weighted by atomic mass is 10.0. The molecule has 2 fully saturated rings. The van der Waals surface area contributed by atoms with Crippen LogP contribution < -0.4 is 5.32 Å². The number of likely N-dealkylation sites (tertiary alicyclic amines) is 2. The van der Waals surface area contributed by atoms with Crippen molar-refractivity contribution in [1.29, 1.82) is 0 Å². The van der Waals surface area contributed by atoms with E-state index in [9.17, 15) is 19.5 Å². The highest BCUT2D eigenvalue weighted by Gasteiger charge is 2.36. The molecular weight excluding hydrogens is 550 g/mol. The molecular formula is C31H35N7O5. The molecule has 0 radical (unpaired) electrons. The Morgan fingerprint density at radius 2 is 1.67 bits per heavy atom. The molecule has 12 nitrogen and oxygen atoms in total. The Kier molecular flexibility index (Phi) is 7.28. The Morgan fingerprint density at radius 1 is 0.977 bits per heavy atom. The number of carbonyl (C=O) groups excluding carboxylic acids is 2. The fourth-order valence-corrected chi connectivity index (χ4v) is 5.84. The van der Waals surface area contributed by atoms with Gasteiger partial charge in [-0.3, -0.25) is 19.7 Å². The van der Waals surface area contributed by atoms with Gasteiger partial charge in [0.15, 0.2) is 5.82 Å². The molecule has 0 bridgehead atoms. The third-order valence-corrected chi connectivity index (χ3v) is 7.93. The van der Waals surface area contributed by atoms with Gasteiger partial charge in [-0.25, -0.2) is 14.6 Å². The standard InChI is InChI=1S/C31H35N7O5/c1-31(2,3)43-30(42)38-15-4-6-24(38)27-32-17-23(33-27)19-10-8-18(9-11-19)20-12-13-22-21(16-20)26(36-35-22)34-28(39)25-7-5-14-37(25)29(40)41/h8-13,16-17,24-25H,4-7,14-15H2,1-3H3,(H,32,33)(H,40,41)(H2,34,35,36,39)/t24-,25?/m0/s1. The van der Waals surface area contributed by atoms with E-state index in [0.29, 0.717) is 31.7 Å². The Morgan fingerprint density at radius 3 is 2.42 bits per heavy atom. The van der Waals surface area contributed by atoms with E-state index >= 15 is 0 Å². The van der Waals surface area contributed by atoms with Crippen LogP contribution >= 0.6 is 0 Å². The van der Waals surface area contributed by atoms with Crippen LogP contribution in [-0.4, -0.2) is 77.9 Å². The maximum Gasteiger partial charge on any atom is 0.410 e. The number of aromatic amines is 2. The van der Waals surface area contributed by atoms with Crippen LogP contribution in [0, 0.1) is 0 Å². The molecule has 4 N–H and O–H groups in total. The Bertz CT molecular complexity index is 1670. The summed E-state index contributed by atoms with van der Waals surface area (Å²) in [6, 6.07) is 13.0. The first-order valence-corrected chi connectivity index (χ1v) is 14.5. The third kappa shape index (κ3) is 5.77. The molecule has 2 saturated heterocycles.